The molecule has 176 valence electrons. The van der Waals surface area contributed by atoms with E-state index in [1.54, 1.807) is 20.3 Å². The number of thioether (sulfide) groups is 1. The standard InChI is InChI=1S/C24H18N4O6S/c1-32-17-6-3-12(7-19(17)33-2)8-20-27-28-22(25)16(23(31)26-24(28)35-20)9-13-11-34-18-10-14(29)4-5-15(18)21(13)30/h3-7,9-11,25,29H,8H2,1-2H3. The van der Waals surface area contributed by atoms with Gasteiger partial charge in [-0.25, -0.2) is 0 Å². The third-order valence-electron chi connectivity index (χ3n) is 5.38. The predicted molar refractivity (Wildman–Crippen MR) is 132 cm³/mol. The number of hydrogen-bond acceptors (Lipinski definition) is 9. The van der Waals surface area contributed by atoms with Gasteiger partial charge in [0.25, 0.3) is 5.91 Å². The van der Waals surface area contributed by atoms with Crippen LogP contribution in [-0.2, 0) is 11.2 Å². The molecule has 0 saturated heterocycles. The fourth-order valence-electron chi connectivity index (χ4n) is 3.66. The van der Waals surface area contributed by atoms with Gasteiger partial charge in [0.2, 0.25) is 5.17 Å². The van der Waals surface area contributed by atoms with Gasteiger partial charge >= 0.3 is 0 Å². The number of fused-ring (bicyclic) bond motifs is 2. The summed E-state index contributed by atoms with van der Waals surface area (Å²) in [5.74, 6) is 0.310. The van der Waals surface area contributed by atoms with Gasteiger partial charge in [-0.3, -0.25) is 15.0 Å². The van der Waals surface area contributed by atoms with E-state index in [0.29, 0.717) is 23.0 Å². The van der Waals surface area contributed by atoms with Gasteiger partial charge in [-0.1, -0.05) is 6.07 Å². The Balaban J connectivity index is 1.44. The monoisotopic (exact) mass is 490 g/mol. The zero-order valence-electron chi connectivity index (χ0n) is 18.6. The highest BCUT2D eigenvalue weighted by atomic mass is 32.2. The Morgan fingerprint density at radius 1 is 1.14 bits per heavy atom. The SMILES string of the molecule is COc1ccc(CC2=NN3C(=N)C(=Cc4coc5cc(O)ccc5c4=O)C(=O)N=C3S2)cc1OC. The summed E-state index contributed by atoms with van der Waals surface area (Å²) in [6.07, 6.45) is 2.89. The molecule has 1 amide bonds. The number of rotatable bonds is 5. The van der Waals surface area contributed by atoms with E-state index in [1.807, 2.05) is 12.1 Å². The quantitative estimate of drug-likeness (QED) is 0.519. The molecule has 0 unspecified atom stereocenters. The van der Waals surface area contributed by atoms with E-state index in [2.05, 4.69) is 10.1 Å². The molecule has 0 radical (unpaired) electrons. The Morgan fingerprint density at radius 2 is 1.94 bits per heavy atom. The molecule has 35 heavy (non-hydrogen) atoms. The van der Waals surface area contributed by atoms with E-state index in [-0.39, 0.29) is 38.9 Å². The largest absolute Gasteiger partial charge is 0.508 e. The minimum Gasteiger partial charge on any atom is -0.508 e. The number of carbonyl (C=O) groups excluding carboxylic acids is 1. The maximum Gasteiger partial charge on any atom is 0.283 e. The Kier molecular flexibility index (Phi) is 5.61. The molecule has 0 aliphatic carbocycles. The molecule has 0 fully saturated rings. The van der Waals surface area contributed by atoms with Crippen molar-refractivity contribution < 1.29 is 23.8 Å². The summed E-state index contributed by atoms with van der Waals surface area (Å²) in [5, 5.41) is 25.0. The summed E-state index contributed by atoms with van der Waals surface area (Å²) in [4.78, 5) is 29.6. The van der Waals surface area contributed by atoms with Crippen LogP contribution in [0, 0.1) is 5.41 Å². The number of nitrogens with one attached hydrogen (secondary N) is 1. The van der Waals surface area contributed by atoms with Crippen LogP contribution in [0.15, 0.2) is 67.5 Å². The first-order valence-corrected chi connectivity index (χ1v) is 11.1. The van der Waals surface area contributed by atoms with Crippen molar-refractivity contribution in [2.45, 2.75) is 6.42 Å². The van der Waals surface area contributed by atoms with E-state index in [9.17, 15) is 14.7 Å². The number of phenolic OH excluding ortho intramolecular Hbond substituents is 1. The van der Waals surface area contributed by atoms with Crippen molar-refractivity contribution in [3.8, 4) is 17.2 Å². The Hall–Kier alpha value is -4.38. The smallest absolute Gasteiger partial charge is 0.283 e. The van der Waals surface area contributed by atoms with Crippen LogP contribution in [-0.4, -0.2) is 46.3 Å². The minimum atomic E-state index is -0.651. The van der Waals surface area contributed by atoms with Crippen molar-refractivity contribution >= 4 is 50.8 Å². The Morgan fingerprint density at radius 3 is 2.71 bits per heavy atom. The molecule has 1 aromatic heterocycles. The van der Waals surface area contributed by atoms with E-state index in [0.717, 1.165) is 5.56 Å². The molecular weight excluding hydrogens is 472 g/mol. The molecule has 0 spiro atoms. The van der Waals surface area contributed by atoms with E-state index in [4.69, 9.17) is 19.3 Å². The van der Waals surface area contributed by atoms with Gasteiger partial charge in [-0.05, 0) is 47.7 Å². The van der Waals surface area contributed by atoms with Gasteiger partial charge in [-0.2, -0.15) is 15.1 Å². The Bertz CT molecular complexity index is 1560. The number of amidine groups is 2. The number of aromatic hydroxyl groups is 1. The van der Waals surface area contributed by atoms with Crippen LogP contribution in [0.2, 0.25) is 0 Å². The first-order valence-electron chi connectivity index (χ1n) is 10.3. The predicted octanol–water partition coefficient (Wildman–Crippen LogP) is 3.38. The molecule has 0 saturated carbocycles. The van der Waals surface area contributed by atoms with E-state index >= 15 is 0 Å². The lowest BCUT2D eigenvalue weighted by molar-refractivity contribution is -0.114. The number of aliphatic imine (C=N–C) groups is 1. The minimum absolute atomic E-state index is 0.0360. The van der Waals surface area contributed by atoms with Crippen molar-refractivity contribution in [3.05, 3.63) is 69.6 Å². The molecular formula is C24H18N4O6S. The van der Waals surface area contributed by atoms with E-state index < -0.39 is 11.3 Å². The number of ether oxygens (including phenoxy) is 2. The average molecular weight is 490 g/mol. The maximum absolute atomic E-state index is 12.8. The molecule has 11 heteroatoms. The number of carbonyl (C=O) groups is 1. The van der Waals surface area contributed by atoms with Crippen molar-refractivity contribution in [2.24, 2.45) is 10.1 Å². The van der Waals surface area contributed by atoms with Crippen LogP contribution in [0.4, 0.5) is 0 Å². The lowest BCUT2D eigenvalue weighted by Gasteiger charge is -2.20. The molecule has 2 aromatic carbocycles. The number of hydrazone groups is 1. The van der Waals surface area contributed by atoms with Gasteiger partial charge in [0.1, 0.15) is 22.6 Å². The average Bonchev–Trinajstić information content (AvgIpc) is 3.25. The molecule has 5 rings (SSSR count). The molecule has 2 aliphatic rings. The second-order valence-corrected chi connectivity index (χ2v) is 8.62. The lowest BCUT2D eigenvalue weighted by atomic mass is 10.1. The summed E-state index contributed by atoms with van der Waals surface area (Å²) in [5.41, 5.74) is 0.709. The number of methoxy groups -OCH3 is 2. The van der Waals surface area contributed by atoms with Gasteiger partial charge in [-0.15, -0.1) is 0 Å². The summed E-state index contributed by atoms with van der Waals surface area (Å²) >= 11 is 1.20. The van der Waals surface area contributed by atoms with Crippen molar-refractivity contribution in [1.82, 2.24) is 5.01 Å². The highest BCUT2D eigenvalue weighted by Crippen LogP contribution is 2.32. The molecule has 0 atom stereocenters. The van der Waals surface area contributed by atoms with E-state index in [1.165, 1.54) is 47.3 Å². The summed E-state index contributed by atoms with van der Waals surface area (Å²) < 4.78 is 16.0. The fourth-order valence-corrected chi connectivity index (χ4v) is 4.57. The number of benzene rings is 2. The van der Waals surface area contributed by atoms with Gasteiger partial charge < -0.3 is 19.0 Å². The fraction of sp³-hybridized carbons (Fsp3) is 0.125. The third kappa shape index (κ3) is 4.06. The second-order valence-electron chi connectivity index (χ2n) is 7.58. The topological polar surface area (TPSA) is 138 Å². The van der Waals surface area contributed by atoms with Crippen LogP contribution in [0.25, 0.3) is 17.0 Å². The molecule has 3 heterocycles. The Labute approximate surface area is 202 Å². The summed E-state index contributed by atoms with van der Waals surface area (Å²) in [7, 11) is 3.12. The lowest BCUT2D eigenvalue weighted by Crippen LogP contribution is -2.35. The first kappa shape index (κ1) is 22.4. The van der Waals surface area contributed by atoms with Crippen LogP contribution in [0.1, 0.15) is 11.1 Å². The van der Waals surface area contributed by atoms with Crippen molar-refractivity contribution in [3.63, 3.8) is 0 Å². The summed E-state index contributed by atoms with van der Waals surface area (Å²) in [6.45, 7) is 0. The van der Waals surface area contributed by atoms with Crippen LogP contribution in [0.3, 0.4) is 0 Å². The molecule has 3 aromatic rings. The number of nitrogens with zero attached hydrogens (tertiary/aromatic N) is 3. The van der Waals surface area contributed by atoms with Crippen molar-refractivity contribution in [1.29, 1.82) is 5.41 Å². The molecule has 2 aliphatic heterocycles. The number of phenols is 1. The molecule has 2 N–H and O–H groups in total. The molecule has 0 bridgehead atoms. The van der Waals surface area contributed by atoms with Gasteiger partial charge in [0.05, 0.1) is 30.7 Å². The van der Waals surface area contributed by atoms with Crippen LogP contribution in [0.5, 0.6) is 17.2 Å². The van der Waals surface area contributed by atoms with Gasteiger partial charge in [0, 0.05) is 12.5 Å². The summed E-state index contributed by atoms with van der Waals surface area (Å²) in [6, 6.07) is 9.64. The second kappa shape index (κ2) is 8.76. The third-order valence-corrected chi connectivity index (χ3v) is 6.29. The van der Waals surface area contributed by atoms with Gasteiger partial charge in [0.15, 0.2) is 22.8 Å². The number of amides is 1. The molecule has 10 nitrogen and oxygen atoms in total. The normalized spacial score (nSPS) is 16.4. The maximum atomic E-state index is 12.8. The number of hydrogen-bond donors (Lipinski definition) is 2. The zero-order chi connectivity index (χ0) is 24.7. The van der Waals surface area contributed by atoms with Crippen molar-refractivity contribution in [2.75, 3.05) is 14.2 Å². The first-order chi connectivity index (χ1) is 16.9. The highest BCUT2D eigenvalue weighted by Gasteiger charge is 2.35. The van der Waals surface area contributed by atoms with Crippen LogP contribution < -0.4 is 14.9 Å². The van der Waals surface area contributed by atoms with Crippen LogP contribution >= 0.6 is 11.8 Å². The highest BCUT2D eigenvalue weighted by molar-refractivity contribution is 8.26. The zero-order valence-corrected chi connectivity index (χ0v) is 19.4.